The first-order valence-corrected chi connectivity index (χ1v) is 5.65. The van der Waals surface area contributed by atoms with Gasteiger partial charge >= 0.3 is 0 Å². The van der Waals surface area contributed by atoms with E-state index < -0.39 is 18.8 Å². The predicted molar refractivity (Wildman–Crippen MR) is 64.7 cm³/mol. The molecule has 0 spiro atoms. The minimum Gasteiger partial charge on any atom is -0.394 e. The average Bonchev–Trinajstić information content (AvgIpc) is 2.30. The van der Waals surface area contributed by atoms with Gasteiger partial charge in [-0.1, -0.05) is 23.8 Å². The van der Waals surface area contributed by atoms with Crippen molar-refractivity contribution in [2.75, 3.05) is 13.2 Å². The Morgan fingerprint density at radius 3 is 2.47 bits per heavy atom. The number of hydrogen-bond donors (Lipinski definition) is 3. The van der Waals surface area contributed by atoms with Crippen LogP contribution in [0.25, 0.3) is 0 Å². The lowest BCUT2D eigenvalue weighted by molar-refractivity contribution is -0.0601. The van der Waals surface area contributed by atoms with E-state index in [9.17, 15) is 5.11 Å². The molecule has 0 aliphatic heterocycles. The fraction of sp³-hybridized carbons (Fsp3) is 0.538. The highest BCUT2D eigenvalue weighted by atomic mass is 16.5. The number of rotatable bonds is 6. The van der Waals surface area contributed by atoms with Gasteiger partial charge < -0.3 is 20.1 Å². The summed E-state index contributed by atoms with van der Waals surface area (Å²) in [6.45, 7) is 3.97. The van der Waals surface area contributed by atoms with E-state index in [2.05, 4.69) is 6.07 Å². The number of hydrogen-bond acceptors (Lipinski definition) is 4. The van der Waals surface area contributed by atoms with E-state index in [-0.39, 0.29) is 6.61 Å². The molecule has 0 saturated heterocycles. The van der Waals surface area contributed by atoms with Crippen LogP contribution in [0.3, 0.4) is 0 Å². The standard InChI is InChI=1S/C13H20O4/c1-9-3-4-11(10(2)5-9)7-17-8-13(16)12(15)6-14/h3-5,12-16H,6-8H2,1-2H3/t12-,13+/m1/s1. The SMILES string of the molecule is Cc1ccc(COC[C@H](O)[C@H](O)CO)c(C)c1. The molecule has 2 atom stereocenters. The van der Waals surface area contributed by atoms with Crippen LogP contribution in [-0.4, -0.2) is 40.7 Å². The summed E-state index contributed by atoms with van der Waals surface area (Å²) in [5.74, 6) is 0. The Labute approximate surface area is 101 Å². The largest absolute Gasteiger partial charge is 0.394 e. The fourth-order valence-corrected chi connectivity index (χ4v) is 1.53. The minimum atomic E-state index is -1.14. The molecule has 4 nitrogen and oxygen atoms in total. The highest BCUT2D eigenvalue weighted by Crippen LogP contribution is 2.11. The van der Waals surface area contributed by atoms with Crippen LogP contribution in [0, 0.1) is 13.8 Å². The van der Waals surface area contributed by atoms with Gasteiger partial charge in [-0.2, -0.15) is 0 Å². The number of aryl methyl sites for hydroxylation is 2. The first-order chi connectivity index (χ1) is 8.04. The van der Waals surface area contributed by atoms with Crippen LogP contribution in [0.4, 0.5) is 0 Å². The third-order valence-electron chi connectivity index (χ3n) is 2.68. The molecule has 0 fully saturated rings. The maximum absolute atomic E-state index is 9.37. The van der Waals surface area contributed by atoms with Crippen molar-refractivity contribution < 1.29 is 20.1 Å². The molecule has 3 N–H and O–H groups in total. The molecule has 0 amide bonds. The molecule has 0 bridgehead atoms. The van der Waals surface area contributed by atoms with Gasteiger partial charge in [-0.05, 0) is 25.0 Å². The monoisotopic (exact) mass is 240 g/mol. The van der Waals surface area contributed by atoms with Crippen molar-refractivity contribution in [1.29, 1.82) is 0 Å². The molecule has 0 radical (unpaired) electrons. The first-order valence-electron chi connectivity index (χ1n) is 5.65. The number of benzene rings is 1. The Kier molecular flexibility index (Phi) is 5.58. The predicted octanol–water partition coefficient (Wildman–Crippen LogP) is 0.534. The van der Waals surface area contributed by atoms with Gasteiger partial charge in [0.05, 0.1) is 19.8 Å². The van der Waals surface area contributed by atoms with E-state index in [0.717, 1.165) is 11.1 Å². The van der Waals surface area contributed by atoms with Crippen molar-refractivity contribution in [2.45, 2.75) is 32.7 Å². The lowest BCUT2D eigenvalue weighted by Gasteiger charge is -2.16. The Bertz CT molecular complexity index is 351. The van der Waals surface area contributed by atoms with Crippen molar-refractivity contribution in [1.82, 2.24) is 0 Å². The Morgan fingerprint density at radius 2 is 1.88 bits per heavy atom. The molecule has 0 aromatic heterocycles. The van der Waals surface area contributed by atoms with Gasteiger partial charge in [-0.15, -0.1) is 0 Å². The molecular weight excluding hydrogens is 220 g/mol. The third kappa shape index (κ3) is 4.44. The van der Waals surface area contributed by atoms with Crippen LogP contribution < -0.4 is 0 Å². The van der Waals surface area contributed by atoms with Gasteiger partial charge in [0.15, 0.2) is 0 Å². The van der Waals surface area contributed by atoms with Crippen molar-refractivity contribution in [2.24, 2.45) is 0 Å². The zero-order valence-corrected chi connectivity index (χ0v) is 10.3. The van der Waals surface area contributed by atoms with Crippen LogP contribution in [-0.2, 0) is 11.3 Å². The van der Waals surface area contributed by atoms with Gasteiger partial charge in [0.1, 0.15) is 12.2 Å². The van der Waals surface area contributed by atoms with E-state index in [1.165, 1.54) is 5.56 Å². The van der Waals surface area contributed by atoms with Gasteiger partial charge in [0, 0.05) is 0 Å². The Morgan fingerprint density at radius 1 is 1.18 bits per heavy atom. The lowest BCUT2D eigenvalue weighted by atomic mass is 10.1. The number of aliphatic hydroxyl groups excluding tert-OH is 3. The van der Waals surface area contributed by atoms with E-state index in [1.54, 1.807) is 0 Å². The lowest BCUT2D eigenvalue weighted by Crippen LogP contribution is -2.33. The van der Waals surface area contributed by atoms with Crippen LogP contribution in [0.5, 0.6) is 0 Å². The molecule has 0 saturated carbocycles. The van der Waals surface area contributed by atoms with Crippen molar-refractivity contribution in [3.63, 3.8) is 0 Å². The topological polar surface area (TPSA) is 69.9 Å². The molecule has 0 heterocycles. The second-order valence-electron chi connectivity index (χ2n) is 4.26. The third-order valence-corrected chi connectivity index (χ3v) is 2.68. The highest BCUT2D eigenvalue weighted by molar-refractivity contribution is 5.29. The molecular formula is C13H20O4. The fourth-order valence-electron chi connectivity index (χ4n) is 1.53. The van der Waals surface area contributed by atoms with Crippen LogP contribution >= 0.6 is 0 Å². The maximum atomic E-state index is 9.37. The minimum absolute atomic E-state index is 0.00897. The molecule has 96 valence electrons. The molecule has 0 aliphatic carbocycles. The number of ether oxygens (including phenoxy) is 1. The maximum Gasteiger partial charge on any atom is 0.105 e. The second kappa shape index (κ2) is 6.71. The van der Waals surface area contributed by atoms with Crippen LogP contribution in [0.15, 0.2) is 18.2 Å². The zero-order valence-electron chi connectivity index (χ0n) is 10.3. The Hall–Kier alpha value is -0.940. The summed E-state index contributed by atoms with van der Waals surface area (Å²) in [6, 6.07) is 6.06. The summed E-state index contributed by atoms with van der Waals surface area (Å²) in [5.41, 5.74) is 3.39. The Balaban J connectivity index is 2.40. The summed E-state index contributed by atoms with van der Waals surface area (Å²) >= 11 is 0. The van der Waals surface area contributed by atoms with E-state index >= 15 is 0 Å². The molecule has 0 unspecified atom stereocenters. The molecule has 17 heavy (non-hydrogen) atoms. The van der Waals surface area contributed by atoms with E-state index in [4.69, 9.17) is 14.9 Å². The first kappa shape index (κ1) is 14.1. The highest BCUT2D eigenvalue weighted by Gasteiger charge is 2.15. The van der Waals surface area contributed by atoms with E-state index in [0.29, 0.717) is 6.61 Å². The zero-order chi connectivity index (χ0) is 12.8. The molecule has 1 rings (SSSR count). The average molecular weight is 240 g/mol. The summed E-state index contributed by atoms with van der Waals surface area (Å²) in [7, 11) is 0. The summed E-state index contributed by atoms with van der Waals surface area (Å²) in [4.78, 5) is 0. The van der Waals surface area contributed by atoms with Gasteiger partial charge in [0.25, 0.3) is 0 Å². The smallest absolute Gasteiger partial charge is 0.105 e. The van der Waals surface area contributed by atoms with Gasteiger partial charge in [0.2, 0.25) is 0 Å². The van der Waals surface area contributed by atoms with Crippen molar-refractivity contribution in [3.05, 3.63) is 34.9 Å². The van der Waals surface area contributed by atoms with Crippen LogP contribution in [0.2, 0.25) is 0 Å². The second-order valence-corrected chi connectivity index (χ2v) is 4.26. The van der Waals surface area contributed by atoms with Gasteiger partial charge in [-0.25, -0.2) is 0 Å². The van der Waals surface area contributed by atoms with Crippen LogP contribution in [0.1, 0.15) is 16.7 Å². The molecule has 1 aromatic carbocycles. The normalized spacial score (nSPS) is 14.6. The quantitative estimate of drug-likeness (QED) is 0.678. The molecule has 4 heteroatoms. The summed E-state index contributed by atoms with van der Waals surface area (Å²) < 4.78 is 5.30. The summed E-state index contributed by atoms with van der Waals surface area (Å²) in [5, 5.41) is 27.1. The van der Waals surface area contributed by atoms with Crippen molar-refractivity contribution in [3.8, 4) is 0 Å². The van der Waals surface area contributed by atoms with Crippen molar-refractivity contribution >= 4 is 0 Å². The number of aliphatic hydroxyl groups is 3. The van der Waals surface area contributed by atoms with E-state index in [1.807, 2.05) is 26.0 Å². The summed E-state index contributed by atoms with van der Waals surface area (Å²) in [6.07, 6.45) is -2.19. The molecule has 1 aromatic rings. The van der Waals surface area contributed by atoms with Gasteiger partial charge in [-0.3, -0.25) is 0 Å². The molecule has 0 aliphatic rings.